The van der Waals surface area contributed by atoms with Crippen LogP contribution in [-0.2, 0) is 0 Å². The molecule has 8 nitrogen and oxygen atoms in total. The molecule has 4 aliphatic heterocycles. The van der Waals surface area contributed by atoms with Crippen molar-refractivity contribution in [1.82, 2.24) is 25.2 Å². The predicted octanol–water partition coefficient (Wildman–Crippen LogP) is 5.00. The number of alkyl halides is 1. The van der Waals surface area contributed by atoms with Gasteiger partial charge in [0.2, 0.25) is 0 Å². The number of pyridine rings is 1. The van der Waals surface area contributed by atoms with Gasteiger partial charge in [0, 0.05) is 66.7 Å². The summed E-state index contributed by atoms with van der Waals surface area (Å²) in [7, 11) is 0. The Hall–Kier alpha value is -3.84. The molecule has 4 aromatic rings. The van der Waals surface area contributed by atoms with Crippen molar-refractivity contribution < 1.29 is 31.8 Å². The van der Waals surface area contributed by atoms with Gasteiger partial charge in [-0.2, -0.15) is 9.97 Å². The molecule has 13 heteroatoms. The standard InChI is InChI=1S/C31H29F5N6O2/c32-15-9-31(4-1-5-42(31)11-15)14-44-30-39-28-21(29(40-30)41-12-16-2-3-17(13-41)38-16)10-37-27(26(28)36)20-7-18(43)6-19-22(33)8-23(34)25(35)24(19)20/h6-8,10,15-17,38,43H,1-5,9,11-14H2/t15-,16-,17+,31+/m1/s1. The molecular weight excluding hydrogens is 583 g/mol. The molecular formula is C31H29F5N6O2. The van der Waals surface area contributed by atoms with E-state index in [0.29, 0.717) is 37.9 Å². The number of nitrogens with zero attached hydrogens (tertiary/aromatic N) is 5. The van der Waals surface area contributed by atoms with Crippen LogP contribution >= 0.6 is 0 Å². The number of hydrogen-bond acceptors (Lipinski definition) is 8. The molecule has 2 aromatic carbocycles. The molecule has 0 spiro atoms. The number of ether oxygens (including phenoxy) is 1. The molecule has 4 fully saturated rings. The molecule has 2 N–H and O–H groups in total. The molecule has 2 aromatic heterocycles. The third kappa shape index (κ3) is 4.34. The van der Waals surface area contributed by atoms with Crippen LogP contribution in [0.1, 0.15) is 32.1 Å². The second-order valence-corrected chi connectivity index (χ2v) is 12.5. The number of hydrogen-bond donors (Lipinski definition) is 2. The van der Waals surface area contributed by atoms with Crippen LogP contribution in [0.15, 0.2) is 24.4 Å². The van der Waals surface area contributed by atoms with E-state index in [2.05, 4.69) is 20.2 Å². The van der Waals surface area contributed by atoms with Crippen LogP contribution in [0, 0.1) is 23.3 Å². The number of nitrogens with one attached hydrogen (secondary N) is 1. The summed E-state index contributed by atoms with van der Waals surface area (Å²) >= 11 is 0. The van der Waals surface area contributed by atoms with Crippen LogP contribution in [0.2, 0.25) is 0 Å². The lowest BCUT2D eigenvalue weighted by molar-refractivity contribution is 0.107. The van der Waals surface area contributed by atoms with Crippen LogP contribution in [0.5, 0.6) is 11.8 Å². The van der Waals surface area contributed by atoms with E-state index < -0.39 is 57.2 Å². The minimum Gasteiger partial charge on any atom is -0.508 e. The SMILES string of the molecule is Oc1cc(-c2ncc3c(N4C[C@H]5CC[C@@H](C4)N5)nc(OC[C@@]45CCCN4C[C@H](F)C5)nc3c2F)c2c(F)c(F)cc(F)c2c1. The van der Waals surface area contributed by atoms with Crippen LogP contribution in [-0.4, -0.2) is 81.5 Å². The molecule has 44 heavy (non-hydrogen) atoms. The molecule has 4 aliphatic rings. The Morgan fingerprint density at radius 3 is 2.57 bits per heavy atom. The van der Waals surface area contributed by atoms with Crippen LogP contribution < -0.4 is 15.0 Å². The van der Waals surface area contributed by atoms with Gasteiger partial charge in [-0.25, -0.2) is 22.0 Å². The largest absolute Gasteiger partial charge is 0.508 e. The summed E-state index contributed by atoms with van der Waals surface area (Å²) in [6.07, 6.45) is 4.40. The molecule has 6 heterocycles. The monoisotopic (exact) mass is 612 g/mol. The van der Waals surface area contributed by atoms with Gasteiger partial charge in [0.05, 0.1) is 10.9 Å². The third-order valence-electron chi connectivity index (χ3n) is 9.71. The van der Waals surface area contributed by atoms with Crippen molar-refractivity contribution in [2.24, 2.45) is 0 Å². The first kappa shape index (κ1) is 27.7. The molecule has 0 unspecified atom stereocenters. The van der Waals surface area contributed by atoms with Crippen molar-refractivity contribution in [2.45, 2.75) is 55.9 Å². The van der Waals surface area contributed by atoms with Crippen molar-refractivity contribution in [1.29, 1.82) is 0 Å². The van der Waals surface area contributed by atoms with E-state index in [9.17, 15) is 18.3 Å². The summed E-state index contributed by atoms with van der Waals surface area (Å²) in [5, 5.41) is 13.2. The first-order chi connectivity index (χ1) is 21.2. The Kier molecular flexibility index (Phi) is 6.35. The predicted molar refractivity (Wildman–Crippen MR) is 152 cm³/mol. The highest BCUT2D eigenvalue weighted by molar-refractivity contribution is 6.00. The first-order valence-corrected chi connectivity index (χ1v) is 14.9. The van der Waals surface area contributed by atoms with Crippen LogP contribution in [0.4, 0.5) is 27.8 Å². The Balaban J connectivity index is 1.27. The van der Waals surface area contributed by atoms with Gasteiger partial charge in [0.15, 0.2) is 17.5 Å². The summed E-state index contributed by atoms with van der Waals surface area (Å²) in [5.74, 6) is -5.03. The molecule has 0 saturated carbocycles. The van der Waals surface area contributed by atoms with E-state index in [4.69, 9.17) is 9.72 Å². The summed E-state index contributed by atoms with van der Waals surface area (Å²) < 4.78 is 81.1. The zero-order chi connectivity index (χ0) is 30.3. The number of rotatable bonds is 5. The van der Waals surface area contributed by atoms with E-state index in [1.807, 2.05) is 4.90 Å². The minimum atomic E-state index is -1.46. The Morgan fingerprint density at radius 1 is 0.977 bits per heavy atom. The number of aromatic nitrogens is 3. The van der Waals surface area contributed by atoms with E-state index in [1.165, 1.54) is 6.20 Å². The maximum absolute atomic E-state index is 16.6. The van der Waals surface area contributed by atoms with Gasteiger partial charge in [-0.3, -0.25) is 9.88 Å². The number of phenolic OH excluding ortho intramolecular Hbond substituents is 1. The quantitative estimate of drug-likeness (QED) is 0.241. The molecule has 0 amide bonds. The maximum Gasteiger partial charge on any atom is 0.319 e. The lowest BCUT2D eigenvalue weighted by Crippen LogP contribution is -2.51. The summed E-state index contributed by atoms with van der Waals surface area (Å²) in [5.41, 5.74) is -1.45. The zero-order valence-corrected chi connectivity index (χ0v) is 23.6. The van der Waals surface area contributed by atoms with Gasteiger partial charge in [-0.1, -0.05) is 0 Å². The molecule has 0 aliphatic carbocycles. The summed E-state index contributed by atoms with van der Waals surface area (Å²) in [4.78, 5) is 17.5. The Labute approximate surface area is 248 Å². The number of benzene rings is 2. The lowest BCUT2D eigenvalue weighted by Gasteiger charge is -2.34. The Bertz CT molecular complexity index is 1810. The van der Waals surface area contributed by atoms with Gasteiger partial charge in [-0.15, -0.1) is 0 Å². The van der Waals surface area contributed by atoms with Gasteiger partial charge in [0.1, 0.15) is 41.4 Å². The number of halogens is 5. The first-order valence-electron chi connectivity index (χ1n) is 14.9. The highest BCUT2D eigenvalue weighted by atomic mass is 19.2. The maximum atomic E-state index is 16.6. The average molecular weight is 613 g/mol. The molecule has 4 saturated heterocycles. The van der Waals surface area contributed by atoms with Crippen molar-refractivity contribution in [3.8, 4) is 23.0 Å². The van der Waals surface area contributed by atoms with E-state index >= 15 is 8.78 Å². The zero-order valence-electron chi connectivity index (χ0n) is 23.6. The number of piperazine rings is 1. The van der Waals surface area contributed by atoms with Gasteiger partial charge < -0.3 is 20.1 Å². The number of aromatic hydroxyl groups is 1. The molecule has 230 valence electrons. The minimum absolute atomic E-state index is 0.0954. The fourth-order valence-corrected chi connectivity index (χ4v) is 7.74. The fraction of sp³-hybridized carbons (Fsp3) is 0.452. The topological polar surface area (TPSA) is 86.6 Å². The lowest BCUT2D eigenvalue weighted by atomic mass is 9.95. The normalized spacial score (nSPS) is 26.7. The van der Waals surface area contributed by atoms with Crippen molar-refractivity contribution >= 4 is 27.5 Å². The molecule has 8 rings (SSSR count). The number of anilines is 1. The number of phenols is 1. The van der Waals surface area contributed by atoms with E-state index in [0.717, 1.165) is 44.4 Å². The highest BCUT2D eigenvalue weighted by Gasteiger charge is 2.49. The van der Waals surface area contributed by atoms with Crippen molar-refractivity contribution in [3.63, 3.8) is 0 Å². The van der Waals surface area contributed by atoms with Gasteiger partial charge >= 0.3 is 6.01 Å². The van der Waals surface area contributed by atoms with E-state index in [-0.39, 0.29) is 41.2 Å². The third-order valence-corrected chi connectivity index (χ3v) is 9.71. The van der Waals surface area contributed by atoms with Gasteiger partial charge in [0.25, 0.3) is 0 Å². The number of fused-ring (bicyclic) bond motifs is 5. The van der Waals surface area contributed by atoms with E-state index in [1.54, 1.807) is 0 Å². The average Bonchev–Trinajstić information content (AvgIpc) is 3.64. The molecule has 4 atom stereocenters. The Morgan fingerprint density at radius 2 is 1.77 bits per heavy atom. The summed E-state index contributed by atoms with van der Waals surface area (Å²) in [6, 6.07) is 2.69. The second kappa shape index (κ2) is 10.1. The highest BCUT2D eigenvalue weighted by Crippen LogP contribution is 2.42. The molecule has 2 bridgehead atoms. The van der Waals surface area contributed by atoms with Gasteiger partial charge in [-0.05, 0) is 44.4 Å². The van der Waals surface area contributed by atoms with Crippen LogP contribution in [0.3, 0.4) is 0 Å². The fourth-order valence-electron chi connectivity index (χ4n) is 7.74. The van der Waals surface area contributed by atoms with Crippen LogP contribution in [0.25, 0.3) is 32.9 Å². The second-order valence-electron chi connectivity index (χ2n) is 12.5. The molecule has 0 radical (unpaired) electrons. The van der Waals surface area contributed by atoms with Crippen molar-refractivity contribution in [2.75, 3.05) is 37.7 Å². The van der Waals surface area contributed by atoms with Crippen molar-refractivity contribution in [3.05, 3.63) is 47.7 Å². The smallest absolute Gasteiger partial charge is 0.319 e. The summed E-state index contributed by atoms with van der Waals surface area (Å²) in [6.45, 7) is 2.49.